The van der Waals surface area contributed by atoms with Crippen molar-refractivity contribution in [3.63, 3.8) is 0 Å². The number of benzene rings is 1. The highest BCUT2D eigenvalue weighted by molar-refractivity contribution is 5.79. The molecule has 5 nitrogen and oxygen atoms in total. The average Bonchev–Trinajstić information content (AvgIpc) is 3.15. The van der Waals surface area contributed by atoms with Crippen molar-refractivity contribution < 1.29 is 4.79 Å². The van der Waals surface area contributed by atoms with Crippen LogP contribution in [0.2, 0.25) is 0 Å². The Kier molecular flexibility index (Phi) is 4.55. The first kappa shape index (κ1) is 15.5. The van der Waals surface area contributed by atoms with E-state index in [0.717, 1.165) is 30.5 Å². The fourth-order valence-corrected chi connectivity index (χ4v) is 2.97. The van der Waals surface area contributed by atoms with Crippen molar-refractivity contribution in [2.45, 2.75) is 32.2 Å². The second-order valence-electron chi connectivity index (χ2n) is 6.04. The van der Waals surface area contributed by atoms with E-state index in [1.165, 1.54) is 6.33 Å². The van der Waals surface area contributed by atoms with E-state index in [4.69, 9.17) is 0 Å². The lowest BCUT2D eigenvalue weighted by Gasteiger charge is -2.30. The van der Waals surface area contributed by atoms with E-state index < -0.39 is 0 Å². The third-order valence-corrected chi connectivity index (χ3v) is 4.61. The van der Waals surface area contributed by atoms with Gasteiger partial charge in [0.1, 0.15) is 12.7 Å². The summed E-state index contributed by atoms with van der Waals surface area (Å²) in [5, 5.41) is 4.12. The SMILES string of the molecule is CC(c1ccc(-n2cncn2)cc1)N(C)C(=O)C1CC=CCC1. The Bertz CT molecular complexity index is 676. The molecule has 0 saturated heterocycles. The number of nitrogens with zero attached hydrogens (tertiary/aromatic N) is 4. The van der Waals surface area contributed by atoms with Crippen molar-refractivity contribution in [2.75, 3.05) is 7.05 Å². The van der Waals surface area contributed by atoms with Crippen molar-refractivity contribution in [1.82, 2.24) is 19.7 Å². The van der Waals surface area contributed by atoms with Gasteiger partial charge in [0.15, 0.2) is 0 Å². The lowest BCUT2D eigenvalue weighted by molar-refractivity contribution is -0.136. The van der Waals surface area contributed by atoms with Crippen molar-refractivity contribution in [3.8, 4) is 5.69 Å². The predicted molar refractivity (Wildman–Crippen MR) is 89.0 cm³/mol. The number of hydrogen-bond acceptors (Lipinski definition) is 3. The number of rotatable bonds is 4. The molecule has 0 fully saturated rings. The number of amides is 1. The lowest BCUT2D eigenvalue weighted by Crippen LogP contribution is -2.35. The highest BCUT2D eigenvalue weighted by Gasteiger charge is 2.25. The summed E-state index contributed by atoms with van der Waals surface area (Å²) in [6.45, 7) is 2.07. The Morgan fingerprint density at radius 2 is 2.09 bits per heavy atom. The molecule has 5 heteroatoms. The van der Waals surface area contributed by atoms with Gasteiger partial charge in [0.2, 0.25) is 5.91 Å². The zero-order chi connectivity index (χ0) is 16.2. The Morgan fingerprint density at radius 3 is 2.70 bits per heavy atom. The third-order valence-electron chi connectivity index (χ3n) is 4.61. The standard InChI is InChI=1S/C18H22N4O/c1-14(21(2)18(23)16-6-4-3-5-7-16)15-8-10-17(11-9-15)22-13-19-12-20-22/h3-4,8-14,16H,5-7H2,1-2H3. The molecule has 1 amide bonds. The number of carbonyl (C=O) groups excluding carboxylic acids is 1. The van der Waals surface area contributed by atoms with E-state index in [9.17, 15) is 4.79 Å². The van der Waals surface area contributed by atoms with Gasteiger partial charge in [0.25, 0.3) is 0 Å². The first-order chi connectivity index (χ1) is 11.2. The highest BCUT2D eigenvalue weighted by Crippen LogP contribution is 2.26. The van der Waals surface area contributed by atoms with Crippen LogP contribution in [-0.2, 0) is 4.79 Å². The van der Waals surface area contributed by atoms with Crippen LogP contribution in [0.4, 0.5) is 0 Å². The highest BCUT2D eigenvalue weighted by atomic mass is 16.2. The topological polar surface area (TPSA) is 51.0 Å². The van der Waals surface area contributed by atoms with Crippen LogP contribution in [0.1, 0.15) is 37.8 Å². The number of allylic oxidation sites excluding steroid dienone is 2. The van der Waals surface area contributed by atoms with E-state index in [1.807, 2.05) is 36.2 Å². The van der Waals surface area contributed by atoms with Crippen LogP contribution >= 0.6 is 0 Å². The summed E-state index contributed by atoms with van der Waals surface area (Å²) in [6.07, 6.45) is 10.3. The van der Waals surface area contributed by atoms with E-state index in [2.05, 4.69) is 29.2 Å². The van der Waals surface area contributed by atoms with Gasteiger partial charge in [0.05, 0.1) is 11.7 Å². The summed E-state index contributed by atoms with van der Waals surface area (Å²) in [4.78, 5) is 18.5. The van der Waals surface area contributed by atoms with Crippen LogP contribution < -0.4 is 0 Å². The zero-order valence-electron chi connectivity index (χ0n) is 13.6. The molecule has 1 aromatic heterocycles. The smallest absolute Gasteiger partial charge is 0.226 e. The lowest BCUT2D eigenvalue weighted by atomic mass is 9.92. The quantitative estimate of drug-likeness (QED) is 0.815. The Balaban J connectivity index is 1.70. The molecule has 0 N–H and O–H groups in total. The van der Waals surface area contributed by atoms with E-state index >= 15 is 0 Å². The molecule has 0 aliphatic heterocycles. The Morgan fingerprint density at radius 1 is 1.30 bits per heavy atom. The third kappa shape index (κ3) is 3.33. The van der Waals surface area contributed by atoms with Crippen LogP contribution in [0.3, 0.4) is 0 Å². The minimum atomic E-state index is 0.0539. The van der Waals surface area contributed by atoms with E-state index in [0.29, 0.717) is 0 Å². The molecule has 1 heterocycles. The molecule has 23 heavy (non-hydrogen) atoms. The fourth-order valence-electron chi connectivity index (χ4n) is 2.97. The van der Waals surface area contributed by atoms with Gasteiger partial charge in [-0.05, 0) is 43.9 Å². The van der Waals surface area contributed by atoms with Gasteiger partial charge in [-0.25, -0.2) is 9.67 Å². The van der Waals surface area contributed by atoms with Gasteiger partial charge in [-0.1, -0.05) is 24.3 Å². The van der Waals surface area contributed by atoms with Crippen molar-refractivity contribution >= 4 is 5.91 Å². The normalized spacial score (nSPS) is 18.6. The minimum absolute atomic E-state index is 0.0539. The van der Waals surface area contributed by atoms with Gasteiger partial charge >= 0.3 is 0 Å². The van der Waals surface area contributed by atoms with Crippen LogP contribution in [0, 0.1) is 5.92 Å². The first-order valence-electron chi connectivity index (χ1n) is 8.03. The molecule has 1 aromatic carbocycles. The molecule has 0 spiro atoms. The Hall–Kier alpha value is -2.43. The summed E-state index contributed by atoms with van der Waals surface area (Å²) in [5.74, 6) is 0.365. The molecule has 1 aliphatic rings. The monoisotopic (exact) mass is 310 g/mol. The van der Waals surface area contributed by atoms with Gasteiger partial charge in [-0.2, -0.15) is 5.10 Å². The van der Waals surface area contributed by atoms with Crippen molar-refractivity contribution in [3.05, 3.63) is 54.6 Å². The summed E-state index contributed by atoms with van der Waals surface area (Å²) >= 11 is 0. The zero-order valence-corrected chi connectivity index (χ0v) is 13.6. The maximum atomic E-state index is 12.6. The second kappa shape index (κ2) is 6.77. The molecule has 0 bridgehead atoms. The summed E-state index contributed by atoms with van der Waals surface area (Å²) in [5.41, 5.74) is 2.08. The first-order valence-corrected chi connectivity index (χ1v) is 8.03. The van der Waals surface area contributed by atoms with Gasteiger partial charge in [0, 0.05) is 13.0 Å². The van der Waals surface area contributed by atoms with Crippen LogP contribution in [0.15, 0.2) is 49.1 Å². The molecule has 120 valence electrons. The Labute approximate surface area is 136 Å². The average molecular weight is 310 g/mol. The predicted octanol–water partition coefficient (Wildman–Crippen LogP) is 3.14. The molecule has 1 aliphatic carbocycles. The maximum absolute atomic E-state index is 12.6. The van der Waals surface area contributed by atoms with Crippen LogP contribution in [-0.4, -0.2) is 32.6 Å². The summed E-state index contributed by atoms with van der Waals surface area (Å²) < 4.78 is 1.72. The van der Waals surface area contributed by atoms with E-state index in [-0.39, 0.29) is 17.9 Å². The molecule has 2 atom stereocenters. The molecule has 0 saturated carbocycles. The van der Waals surface area contributed by atoms with Gasteiger partial charge in [-0.15, -0.1) is 0 Å². The van der Waals surface area contributed by atoms with Crippen LogP contribution in [0.25, 0.3) is 5.69 Å². The summed E-state index contributed by atoms with van der Waals surface area (Å²) in [7, 11) is 1.90. The second-order valence-corrected chi connectivity index (χ2v) is 6.04. The molecule has 2 aromatic rings. The van der Waals surface area contributed by atoms with Crippen molar-refractivity contribution in [2.24, 2.45) is 5.92 Å². The maximum Gasteiger partial charge on any atom is 0.226 e. The number of hydrogen-bond donors (Lipinski definition) is 0. The van der Waals surface area contributed by atoms with Gasteiger partial charge in [-0.3, -0.25) is 4.79 Å². The summed E-state index contributed by atoms with van der Waals surface area (Å²) in [6, 6.07) is 8.15. The van der Waals surface area contributed by atoms with E-state index in [1.54, 1.807) is 11.0 Å². The number of aromatic nitrogens is 3. The van der Waals surface area contributed by atoms with Crippen LogP contribution in [0.5, 0.6) is 0 Å². The molecular weight excluding hydrogens is 288 g/mol. The molecule has 3 rings (SSSR count). The molecule has 0 radical (unpaired) electrons. The molecular formula is C18H22N4O. The van der Waals surface area contributed by atoms with Gasteiger partial charge < -0.3 is 4.90 Å². The largest absolute Gasteiger partial charge is 0.339 e. The number of carbonyl (C=O) groups is 1. The fraction of sp³-hybridized carbons (Fsp3) is 0.389. The van der Waals surface area contributed by atoms with Crippen molar-refractivity contribution in [1.29, 1.82) is 0 Å². The minimum Gasteiger partial charge on any atom is -0.339 e. The molecule has 2 unspecified atom stereocenters.